The number of rotatable bonds is 4. The van der Waals surface area contributed by atoms with E-state index in [4.69, 9.17) is 4.74 Å². The van der Waals surface area contributed by atoms with Gasteiger partial charge >= 0.3 is 0 Å². The molecule has 0 aromatic carbocycles. The summed E-state index contributed by atoms with van der Waals surface area (Å²) in [5, 5.41) is 4.28. The first-order valence-corrected chi connectivity index (χ1v) is 8.01. The van der Waals surface area contributed by atoms with E-state index < -0.39 is 10.0 Å². The number of aromatic nitrogens is 2. The Balaban J connectivity index is 2.22. The van der Waals surface area contributed by atoms with Crippen molar-refractivity contribution in [2.45, 2.75) is 18.1 Å². The average molecular weight is 302 g/mol. The summed E-state index contributed by atoms with van der Waals surface area (Å²) in [5.74, 6) is 0. The summed E-state index contributed by atoms with van der Waals surface area (Å²) in [6.07, 6.45) is 1.48. The van der Waals surface area contributed by atoms with Gasteiger partial charge in [0.25, 0.3) is 10.0 Å². The number of nitrogens with zero attached hydrogens (tertiary/aromatic N) is 4. The first kappa shape index (κ1) is 15.4. The van der Waals surface area contributed by atoms with E-state index >= 15 is 0 Å². The van der Waals surface area contributed by atoms with Gasteiger partial charge in [-0.15, -0.1) is 0 Å². The molecule has 2 heterocycles. The fourth-order valence-electron chi connectivity index (χ4n) is 2.46. The van der Waals surface area contributed by atoms with Crippen LogP contribution in [-0.4, -0.2) is 73.8 Å². The third-order valence-corrected chi connectivity index (χ3v) is 5.40. The van der Waals surface area contributed by atoms with Crippen LogP contribution in [0.5, 0.6) is 0 Å². The van der Waals surface area contributed by atoms with Gasteiger partial charge in [-0.3, -0.25) is 4.68 Å². The topological polar surface area (TPSA) is 67.7 Å². The predicted molar refractivity (Wildman–Crippen MR) is 75.0 cm³/mol. The van der Waals surface area contributed by atoms with Gasteiger partial charge < -0.3 is 9.64 Å². The number of morpholine rings is 1. The van der Waals surface area contributed by atoms with Crippen molar-refractivity contribution in [1.82, 2.24) is 19.0 Å². The van der Waals surface area contributed by atoms with Gasteiger partial charge in [0, 0.05) is 32.2 Å². The molecular formula is C12H22N4O3S. The smallest absolute Gasteiger partial charge is 0.260 e. The molecule has 1 aliphatic rings. The zero-order chi connectivity index (χ0) is 14.9. The molecule has 0 aliphatic carbocycles. The van der Waals surface area contributed by atoms with Gasteiger partial charge in [-0.2, -0.15) is 9.40 Å². The minimum Gasteiger partial charge on any atom is -0.374 e. The van der Waals surface area contributed by atoms with Gasteiger partial charge in [0.05, 0.1) is 18.9 Å². The molecule has 7 nitrogen and oxygen atoms in total. The van der Waals surface area contributed by atoms with E-state index in [2.05, 4.69) is 5.10 Å². The quantitative estimate of drug-likeness (QED) is 0.762. The lowest BCUT2D eigenvalue weighted by Crippen LogP contribution is -2.49. The Morgan fingerprint density at radius 3 is 2.75 bits per heavy atom. The maximum absolute atomic E-state index is 12.7. The van der Waals surface area contributed by atoms with E-state index in [1.165, 1.54) is 8.99 Å². The van der Waals surface area contributed by atoms with Crippen molar-refractivity contribution in [3.63, 3.8) is 0 Å². The van der Waals surface area contributed by atoms with Crippen LogP contribution in [0.15, 0.2) is 11.2 Å². The minimum atomic E-state index is -3.51. The second-order valence-electron chi connectivity index (χ2n) is 5.37. The van der Waals surface area contributed by atoms with E-state index in [0.717, 1.165) is 0 Å². The SMILES string of the molecule is Cc1cnn(C)c1S(=O)(=O)N1CCOC(CN(C)C)C1. The number of sulfonamides is 1. The summed E-state index contributed by atoms with van der Waals surface area (Å²) in [7, 11) is 2.03. The highest BCUT2D eigenvalue weighted by molar-refractivity contribution is 7.89. The molecule has 2 rings (SSSR count). The molecule has 0 bridgehead atoms. The van der Waals surface area contributed by atoms with Gasteiger partial charge in [-0.25, -0.2) is 8.42 Å². The zero-order valence-electron chi connectivity index (χ0n) is 12.4. The fraction of sp³-hybridized carbons (Fsp3) is 0.750. The minimum absolute atomic E-state index is 0.0953. The van der Waals surface area contributed by atoms with Crippen LogP contribution in [0, 0.1) is 6.92 Å². The molecule has 1 aromatic rings. The van der Waals surface area contributed by atoms with E-state index in [0.29, 0.717) is 31.8 Å². The lowest BCUT2D eigenvalue weighted by atomic mass is 10.3. The van der Waals surface area contributed by atoms with E-state index in [1.807, 2.05) is 19.0 Å². The van der Waals surface area contributed by atoms with Crippen LogP contribution in [0.4, 0.5) is 0 Å². The van der Waals surface area contributed by atoms with Gasteiger partial charge in [0.2, 0.25) is 0 Å². The molecular weight excluding hydrogens is 280 g/mol. The summed E-state index contributed by atoms with van der Waals surface area (Å²) in [4.78, 5) is 2.00. The Morgan fingerprint density at radius 1 is 1.50 bits per heavy atom. The number of hydrogen-bond donors (Lipinski definition) is 0. The zero-order valence-corrected chi connectivity index (χ0v) is 13.2. The monoisotopic (exact) mass is 302 g/mol. The van der Waals surface area contributed by atoms with Crippen LogP contribution < -0.4 is 0 Å². The fourth-order valence-corrected chi connectivity index (χ4v) is 4.22. The molecule has 20 heavy (non-hydrogen) atoms. The van der Waals surface area contributed by atoms with Crippen molar-refractivity contribution in [3.8, 4) is 0 Å². The summed E-state index contributed by atoms with van der Waals surface area (Å²) < 4.78 is 34.0. The third-order valence-electron chi connectivity index (χ3n) is 3.31. The Labute approximate surface area is 120 Å². The van der Waals surface area contributed by atoms with E-state index in [1.54, 1.807) is 20.2 Å². The maximum atomic E-state index is 12.7. The molecule has 1 aliphatic heterocycles. The van der Waals surface area contributed by atoms with Crippen LogP contribution in [0.2, 0.25) is 0 Å². The molecule has 1 aromatic heterocycles. The number of likely N-dealkylation sites (N-methyl/N-ethyl adjacent to an activating group) is 1. The largest absolute Gasteiger partial charge is 0.374 e. The summed E-state index contributed by atoms with van der Waals surface area (Å²) in [6, 6.07) is 0. The van der Waals surface area contributed by atoms with Crippen LogP contribution >= 0.6 is 0 Å². The molecule has 0 spiro atoms. The molecule has 1 fully saturated rings. The van der Waals surface area contributed by atoms with E-state index in [-0.39, 0.29) is 11.1 Å². The Kier molecular flexibility index (Phi) is 4.48. The standard InChI is InChI=1S/C12H22N4O3S/c1-10-7-13-15(4)12(10)20(17,18)16-5-6-19-11(9-16)8-14(2)3/h7,11H,5-6,8-9H2,1-4H3. The highest BCUT2D eigenvalue weighted by Gasteiger charge is 2.33. The first-order valence-electron chi connectivity index (χ1n) is 6.57. The molecule has 114 valence electrons. The molecule has 8 heteroatoms. The Morgan fingerprint density at radius 2 is 2.20 bits per heavy atom. The predicted octanol–water partition coefficient (Wildman–Crippen LogP) is -0.320. The van der Waals surface area contributed by atoms with Crippen LogP contribution in [0.1, 0.15) is 5.56 Å². The van der Waals surface area contributed by atoms with Crippen LogP contribution in [0.25, 0.3) is 0 Å². The van der Waals surface area contributed by atoms with Crippen molar-refractivity contribution in [3.05, 3.63) is 11.8 Å². The maximum Gasteiger partial charge on any atom is 0.260 e. The molecule has 1 unspecified atom stereocenters. The van der Waals surface area contributed by atoms with Crippen molar-refractivity contribution >= 4 is 10.0 Å². The number of hydrogen-bond acceptors (Lipinski definition) is 5. The van der Waals surface area contributed by atoms with Crippen molar-refractivity contribution < 1.29 is 13.2 Å². The lowest BCUT2D eigenvalue weighted by Gasteiger charge is -2.33. The molecule has 0 radical (unpaired) electrons. The number of ether oxygens (including phenoxy) is 1. The van der Waals surface area contributed by atoms with E-state index in [9.17, 15) is 8.42 Å². The molecule has 1 saturated heterocycles. The highest BCUT2D eigenvalue weighted by Crippen LogP contribution is 2.21. The van der Waals surface area contributed by atoms with Crippen LogP contribution in [0.3, 0.4) is 0 Å². The third kappa shape index (κ3) is 3.03. The normalized spacial score (nSPS) is 21.6. The summed E-state index contributed by atoms with van der Waals surface area (Å²) >= 11 is 0. The summed E-state index contributed by atoms with van der Waals surface area (Å²) in [6.45, 7) is 3.66. The number of aryl methyl sites for hydroxylation is 2. The second-order valence-corrected chi connectivity index (χ2v) is 7.23. The molecule has 0 amide bonds. The van der Waals surface area contributed by atoms with Crippen molar-refractivity contribution in [2.24, 2.45) is 7.05 Å². The van der Waals surface area contributed by atoms with Crippen molar-refractivity contribution in [2.75, 3.05) is 40.3 Å². The van der Waals surface area contributed by atoms with Gasteiger partial charge in [0.15, 0.2) is 5.03 Å². The van der Waals surface area contributed by atoms with Crippen LogP contribution in [-0.2, 0) is 21.8 Å². The lowest BCUT2D eigenvalue weighted by molar-refractivity contribution is -0.0133. The van der Waals surface area contributed by atoms with Gasteiger partial charge in [0.1, 0.15) is 0 Å². The molecule has 1 atom stereocenters. The molecule has 0 N–H and O–H groups in total. The van der Waals surface area contributed by atoms with Gasteiger partial charge in [-0.1, -0.05) is 0 Å². The Bertz CT molecular complexity index is 548. The highest BCUT2D eigenvalue weighted by atomic mass is 32.2. The average Bonchev–Trinajstić information content (AvgIpc) is 2.69. The van der Waals surface area contributed by atoms with Crippen molar-refractivity contribution in [1.29, 1.82) is 0 Å². The first-order chi connectivity index (χ1) is 9.32. The second kappa shape index (κ2) is 5.80. The van der Waals surface area contributed by atoms with Gasteiger partial charge in [-0.05, 0) is 21.0 Å². The Hall–Kier alpha value is -0.960. The summed E-state index contributed by atoms with van der Waals surface area (Å²) in [5.41, 5.74) is 0.670. The molecule has 0 saturated carbocycles.